The maximum atomic E-state index is 13.9. The second-order valence-corrected chi connectivity index (χ2v) is 7.74. The highest BCUT2D eigenvalue weighted by Crippen LogP contribution is 2.34. The molecule has 0 radical (unpaired) electrons. The first-order valence-corrected chi connectivity index (χ1v) is 9.78. The zero-order valence-corrected chi connectivity index (χ0v) is 16.6. The van der Waals surface area contributed by atoms with E-state index in [2.05, 4.69) is 22.4 Å². The van der Waals surface area contributed by atoms with Gasteiger partial charge in [0.1, 0.15) is 29.6 Å². The molecule has 9 heteroatoms. The van der Waals surface area contributed by atoms with Crippen LogP contribution in [0.3, 0.4) is 0 Å². The molecule has 3 aliphatic rings. The van der Waals surface area contributed by atoms with Gasteiger partial charge in [0.2, 0.25) is 0 Å². The molecule has 4 rings (SSSR count). The van der Waals surface area contributed by atoms with Crippen LogP contribution in [-0.4, -0.2) is 53.1 Å². The van der Waals surface area contributed by atoms with Gasteiger partial charge in [0.05, 0.1) is 18.2 Å². The number of carbonyl (C=O) groups excluding carboxylic acids is 1. The van der Waals surface area contributed by atoms with Gasteiger partial charge in [-0.15, -0.1) is 0 Å². The van der Waals surface area contributed by atoms with Crippen LogP contribution in [0, 0.1) is 28.5 Å². The van der Waals surface area contributed by atoms with E-state index < -0.39 is 12.0 Å². The number of amides is 2. The first-order chi connectivity index (χ1) is 14.4. The second-order valence-electron chi connectivity index (χ2n) is 7.74. The third-order valence-corrected chi connectivity index (χ3v) is 5.71. The van der Waals surface area contributed by atoms with Crippen molar-refractivity contribution in [3.8, 4) is 12.1 Å². The molecule has 0 spiro atoms. The van der Waals surface area contributed by atoms with Crippen molar-refractivity contribution >= 4 is 6.03 Å². The highest BCUT2D eigenvalue weighted by Gasteiger charge is 2.42. The number of carbonyl (C=O) groups is 1. The van der Waals surface area contributed by atoms with E-state index in [1.165, 1.54) is 23.1 Å². The zero-order chi connectivity index (χ0) is 21.4. The summed E-state index contributed by atoms with van der Waals surface area (Å²) < 4.78 is 13.9. The Morgan fingerprint density at radius 2 is 2.13 bits per heavy atom. The van der Waals surface area contributed by atoms with Gasteiger partial charge in [-0.25, -0.2) is 9.18 Å². The molecular formula is C21H22FN7O. The van der Waals surface area contributed by atoms with Crippen LogP contribution >= 0.6 is 0 Å². The molecule has 0 bridgehead atoms. The van der Waals surface area contributed by atoms with Crippen LogP contribution < -0.4 is 11.1 Å². The van der Waals surface area contributed by atoms with E-state index in [-0.39, 0.29) is 18.6 Å². The predicted octanol–water partition coefficient (Wildman–Crippen LogP) is 1.54. The van der Waals surface area contributed by atoms with Crippen LogP contribution in [0.2, 0.25) is 0 Å². The lowest BCUT2D eigenvalue weighted by Crippen LogP contribution is -2.58. The quantitative estimate of drug-likeness (QED) is 0.786. The summed E-state index contributed by atoms with van der Waals surface area (Å²) in [6, 6.07) is 7.77. The van der Waals surface area contributed by atoms with Gasteiger partial charge < -0.3 is 20.9 Å². The van der Waals surface area contributed by atoms with Crippen molar-refractivity contribution in [3.05, 3.63) is 58.3 Å². The fourth-order valence-corrected chi connectivity index (χ4v) is 4.28. The van der Waals surface area contributed by atoms with Gasteiger partial charge in [-0.3, -0.25) is 4.90 Å². The van der Waals surface area contributed by atoms with Gasteiger partial charge in [-0.1, -0.05) is 0 Å². The maximum absolute atomic E-state index is 13.9. The number of benzene rings is 1. The molecule has 2 atom stereocenters. The summed E-state index contributed by atoms with van der Waals surface area (Å²) in [5.74, 6) is 0.187. The summed E-state index contributed by atoms with van der Waals surface area (Å²) in [5, 5.41) is 21.9. The van der Waals surface area contributed by atoms with Gasteiger partial charge in [0, 0.05) is 31.8 Å². The Morgan fingerprint density at radius 1 is 1.33 bits per heavy atom. The molecule has 8 nitrogen and oxygen atoms in total. The van der Waals surface area contributed by atoms with Gasteiger partial charge in [-0.2, -0.15) is 10.5 Å². The molecule has 0 aromatic heterocycles. The number of allylic oxidation sites excluding steroid dienone is 1. The number of rotatable bonds is 3. The average Bonchev–Trinajstić information content (AvgIpc) is 3.16. The summed E-state index contributed by atoms with van der Waals surface area (Å²) in [4.78, 5) is 18.4. The molecule has 1 saturated heterocycles. The number of nitrogens with two attached hydrogens (primary N) is 1. The molecule has 30 heavy (non-hydrogen) atoms. The van der Waals surface area contributed by atoms with E-state index in [4.69, 9.17) is 5.73 Å². The first kappa shape index (κ1) is 19.7. The van der Waals surface area contributed by atoms with E-state index in [1.54, 1.807) is 18.0 Å². The maximum Gasteiger partial charge on any atom is 0.327 e. The van der Waals surface area contributed by atoms with Crippen LogP contribution in [0.15, 0.2) is 41.4 Å². The Labute approximate surface area is 174 Å². The standard InChI is InChI=1S/C21H22FN7O/c1-27-19-18(8-17(10-24)26-19)20(28-6-2-3-16(25)12-28)29(21(27)30)11-14-7-15(22)5-4-13(14)9-23/h4-5,7-8,16,19,26H,2-3,6,11-12,25H2,1H3/t16-,19?/m1/s1. The molecule has 0 saturated carbocycles. The Balaban J connectivity index is 1.83. The van der Waals surface area contributed by atoms with Crippen molar-refractivity contribution in [3.63, 3.8) is 0 Å². The highest BCUT2D eigenvalue weighted by atomic mass is 19.1. The summed E-state index contributed by atoms with van der Waals surface area (Å²) in [6.45, 7) is 1.33. The Hall–Kier alpha value is -3.56. The Bertz CT molecular complexity index is 1030. The number of likely N-dealkylation sites (tertiary alicyclic amines) is 1. The number of urea groups is 1. The van der Waals surface area contributed by atoms with Crippen LogP contribution in [0.4, 0.5) is 9.18 Å². The average molecular weight is 407 g/mol. The number of nitrogens with one attached hydrogen (secondary N) is 1. The van der Waals surface area contributed by atoms with Crippen LogP contribution in [-0.2, 0) is 6.54 Å². The number of likely N-dealkylation sites (N-methyl/N-ethyl adjacent to an activating group) is 1. The lowest BCUT2D eigenvalue weighted by atomic mass is 10.0. The summed E-state index contributed by atoms with van der Waals surface area (Å²) >= 11 is 0. The van der Waals surface area contributed by atoms with Gasteiger partial charge in [-0.05, 0) is 42.7 Å². The zero-order valence-electron chi connectivity index (χ0n) is 16.6. The van der Waals surface area contributed by atoms with Crippen molar-refractivity contribution in [2.75, 3.05) is 20.1 Å². The minimum Gasteiger partial charge on any atom is -0.356 e. The normalized spacial score (nSPS) is 23.6. The van der Waals surface area contributed by atoms with E-state index in [9.17, 15) is 19.7 Å². The van der Waals surface area contributed by atoms with Crippen LogP contribution in [0.5, 0.6) is 0 Å². The number of piperidine rings is 1. The second kappa shape index (κ2) is 7.69. The largest absolute Gasteiger partial charge is 0.356 e. The van der Waals surface area contributed by atoms with Crippen molar-refractivity contribution in [2.24, 2.45) is 5.73 Å². The van der Waals surface area contributed by atoms with E-state index in [1.807, 2.05) is 0 Å². The van der Waals surface area contributed by atoms with Crippen molar-refractivity contribution in [1.82, 2.24) is 20.0 Å². The minimum atomic E-state index is -0.469. The van der Waals surface area contributed by atoms with E-state index >= 15 is 0 Å². The molecule has 154 valence electrons. The van der Waals surface area contributed by atoms with Crippen molar-refractivity contribution in [1.29, 1.82) is 10.5 Å². The fourth-order valence-electron chi connectivity index (χ4n) is 4.28. The number of halogens is 1. The lowest BCUT2D eigenvalue weighted by molar-refractivity contribution is 0.113. The van der Waals surface area contributed by atoms with Crippen LogP contribution in [0.25, 0.3) is 0 Å². The first-order valence-electron chi connectivity index (χ1n) is 9.78. The summed E-state index contributed by atoms with van der Waals surface area (Å²) in [5.41, 5.74) is 8.09. The number of nitriles is 2. The molecule has 0 aliphatic carbocycles. The SMILES string of the molecule is CN1C(=O)N(Cc2cc(F)ccc2C#N)C(N2CCC[C@@H](N)C2)=C2C=C(C#N)NC21. The van der Waals surface area contributed by atoms with E-state index in [0.717, 1.165) is 25.0 Å². The Kier molecular flexibility index (Phi) is 5.06. The minimum absolute atomic E-state index is 0.0282. The van der Waals surface area contributed by atoms with Crippen LogP contribution in [0.1, 0.15) is 24.0 Å². The number of fused-ring (bicyclic) bond motifs is 1. The molecule has 1 aromatic rings. The molecule has 3 heterocycles. The van der Waals surface area contributed by atoms with Crippen molar-refractivity contribution in [2.45, 2.75) is 31.6 Å². The molecular weight excluding hydrogens is 385 g/mol. The highest BCUT2D eigenvalue weighted by molar-refractivity contribution is 5.80. The van der Waals surface area contributed by atoms with Gasteiger partial charge >= 0.3 is 6.03 Å². The summed E-state index contributed by atoms with van der Waals surface area (Å²) in [6.07, 6.45) is 3.06. The molecule has 2 amide bonds. The smallest absolute Gasteiger partial charge is 0.327 e. The molecule has 3 aliphatic heterocycles. The number of hydrogen-bond acceptors (Lipinski definition) is 6. The molecule has 3 N–H and O–H groups in total. The topological polar surface area (TPSA) is 112 Å². The fraction of sp³-hybridized carbons (Fsp3) is 0.381. The predicted molar refractivity (Wildman–Crippen MR) is 106 cm³/mol. The van der Waals surface area contributed by atoms with Gasteiger partial charge in [0.15, 0.2) is 0 Å². The number of nitrogens with zero attached hydrogens (tertiary/aromatic N) is 5. The van der Waals surface area contributed by atoms with E-state index in [0.29, 0.717) is 29.2 Å². The Morgan fingerprint density at radius 3 is 2.83 bits per heavy atom. The molecule has 1 fully saturated rings. The van der Waals surface area contributed by atoms with Gasteiger partial charge in [0.25, 0.3) is 0 Å². The molecule has 1 aromatic carbocycles. The molecule has 1 unspecified atom stereocenters. The summed E-state index contributed by atoms with van der Waals surface area (Å²) in [7, 11) is 1.65. The monoisotopic (exact) mass is 407 g/mol. The lowest BCUT2D eigenvalue weighted by Gasteiger charge is -2.45. The third-order valence-electron chi connectivity index (χ3n) is 5.71. The van der Waals surface area contributed by atoms with Crippen molar-refractivity contribution < 1.29 is 9.18 Å². The third kappa shape index (κ3) is 3.34. The number of hydrogen-bond donors (Lipinski definition) is 2.